The van der Waals surface area contributed by atoms with Crippen LogP contribution in [0.1, 0.15) is 0 Å². The molecule has 0 aliphatic carbocycles. The Morgan fingerprint density at radius 1 is 1.57 bits per heavy atom. The first-order chi connectivity index (χ1) is 3.27. The van der Waals surface area contributed by atoms with Crippen molar-refractivity contribution in [3.63, 3.8) is 0 Å². The van der Waals surface area contributed by atoms with Gasteiger partial charge in [0.2, 0.25) is 0 Å². The molecule has 0 atom stereocenters. The van der Waals surface area contributed by atoms with Gasteiger partial charge in [0.1, 0.15) is 0 Å². The lowest BCUT2D eigenvalue weighted by Crippen LogP contribution is -2.21. The Balaban J connectivity index is 2.68. The van der Waals surface area contributed by atoms with Gasteiger partial charge in [-0.2, -0.15) is 0 Å². The molecule has 0 aromatic rings. The molecule has 0 amide bonds. The van der Waals surface area contributed by atoms with E-state index in [0.717, 1.165) is 0 Å². The second kappa shape index (κ2) is 3.95. The van der Waals surface area contributed by atoms with Crippen LogP contribution in [0, 0.1) is 0 Å². The molecule has 2 nitrogen and oxygen atoms in total. The van der Waals surface area contributed by atoms with Gasteiger partial charge in [0.05, 0.1) is 13.3 Å². The molecule has 0 rings (SSSR count). The van der Waals surface area contributed by atoms with Crippen LogP contribution >= 0.6 is 0 Å². The molecule has 0 unspecified atom stereocenters. The molecule has 0 heterocycles. The van der Waals surface area contributed by atoms with Crippen molar-refractivity contribution in [3.05, 3.63) is 0 Å². The Labute approximate surface area is 40.1 Å². The lowest BCUT2D eigenvalue weighted by atomic mass is 10.7. The second-order valence-electron chi connectivity index (χ2n) is 1.00. The first-order valence-electron chi connectivity index (χ1n) is 1.87. The smallest absolute Gasteiger partial charge is 0.250 e. The minimum absolute atomic E-state index is 0.385. The number of aliphatic hydroxyl groups excluding tert-OH is 1. The van der Waals surface area contributed by atoms with Crippen molar-refractivity contribution < 1.29 is 13.9 Å². The highest BCUT2D eigenvalue weighted by Gasteiger charge is 1.97. The number of hydrogen-bond acceptors (Lipinski definition) is 2. The molecule has 0 saturated heterocycles. The summed E-state index contributed by atoms with van der Waals surface area (Å²) in [7, 11) is 0. The van der Waals surface area contributed by atoms with E-state index in [1.165, 1.54) is 0 Å². The molecule has 0 radical (unpaired) electrons. The molecule has 4 heteroatoms. The average Bonchev–Trinajstić information content (AvgIpc) is 1.61. The molecule has 0 aliphatic heterocycles. The fourth-order valence-corrected chi connectivity index (χ4v) is 0.174. The van der Waals surface area contributed by atoms with Crippen LogP contribution in [0.15, 0.2) is 0 Å². The lowest BCUT2D eigenvalue weighted by Gasteiger charge is -1.95. The molecular weight excluding hydrogens is 104 g/mol. The van der Waals surface area contributed by atoms with Crippen molar-refractivity contribution in [2.75, 3.05) is 13.3 Å². The van der Waals surface area contributed by atoms with E-state index in [4.69, 9.17) is 5.11 Å². The standard InChI is InChI=1S/C3H7F2NO/c4-3(5)1-6-2-7/h3,6-7H,1-2H2. The van der Waals surface area contributed by atoms with Gasteiger partial charge in [-0.3, -0.25) is 5.32 Å². The Morgan fingerprint density at radius 3 is 2.29 bits per heavy atom. The zero-order valence-electron chi connectivity index (χ0n) is 3.69. The van der Waals surface area contributed by atoms with Gasteiger partial charge >= 0.3 is 0 Å². The van der Waals surface area contributed by atoms with Gasteiger partial charge in [-0.1, -0.05) is 0 Å². The van der Waals surface area contributed by atoms with Crippen molar-refractivity contribution in [1.82, 2.24) is 5.32 Å². The number of halogens is 2. The van der Waals surface area contributed by atoms with Crippen molar-refractivity contribution in [2.45, 2.75) is 6.43 Å². The summed E-state index contributed by atoms with van der Waals surface area (Å²) in [5, 5.41) is 9.92. The second-order valence-corrected chi connectivity index (χ2v) is 1.00. The van der Waals surface area contributed by atoms with Gasteiger partial charge in [0, 0.05) is 0 Å². The van der Waals surface area contributed by atoms with E-state index < -0.39 is 13.0 Å². The first kappa shape index (κ1) is 6.78. The van der Waals surface area contributed by atoms with E-state index in [0.29, 0.717) is 0 Å². The van der Waals surface area contributed by atoms with Gasteiger partial charge in [0.25, 0.3) is 6.43 Å². The fraction of sp³-hybridized carbons (Fsp3) is 1.00. The Morgan fingerprint density at radius 2 is 2.14 bits per heavy atom. The molecule has 0 spiro atoms. The van der Waals surface area contributed by atoms with Crippen LogP contribution in [0.3, 0.4) is 0 Å². The highest BCUT2D eigenvalue weighted by Crippen LogP contribution is 1.85. The third kappa shape index (κ3) is 5.78. The molecule has 0 fully saturated rings. The number of aliphatic hydroxyl groups is 1. The number of hydrogen-bond donors (Lipinski definition) is 2. The summed E-state index contributed by atoms with van der Waals surface area (Å²) in [6.07, 6.45) is -2.37. The molecule has 0 bridgehead atoms. The van der Waals surface area contributed by atoms with E-state index >= 15 is 0 Å². The van der Waals surface area contributed by atoms with Crippen LogP contribution in [0.25, 0.3) is 0 Å². The molecule has 0 aromatic carbocycles. The summed E-state index contributed by atoms with van der Waals surface area (Å²) in [6.45, 7) is -0.819. The summed E-state index contributed by atoms with van der Waals surface area (Å²) in [4.78, 5) is 0. The summed E-state index contributed by atoms with van der Waals surface area (Å²) in [6, 6.07) is 0. The highest BCUT2D eigenvalue weighted by molar-refractivity contribution is 4.39. The SMILES string of the molecule is OCNCC(F)F. The van der Waals surface area contributed by atoms with Crippen LogP contribution in [0.2, 0.25) is 0 Å². The maximum Gasteiger partial charge on any atom is 0.250 e. The normalized spacial score (nSPS) is 10.3. The molecule has 2 N–H and O–H groups in total. The molecule has 0 saturated carbocycles. The number of nitrogens with one attached hydrogen (secondary N) is 1. The van der Waals surface area contributed by atoms with Crippen LogP contribution in [-0.4, -0.2) is 24.8 Å². The van der Waals surface area contributed by atoms with Crippen LogP contribution in [0.4, 0.5) is 8.78 Å². The first-order valence-corrected chi connectivity index (χ1v) is 1.87. The Kier molecular flexibility index (Phi) is 3.83. The van der Waals surface area contributed by atoms with E-state index in [9.17, 15) is 8.78 Å². The van der Waals surface area contributed by atoms with Gasteiger partial charge in [-0.25, -0.2) is 8.78 Å². The van der Waals surface area contributed by atoms with Crippen molar-refractivity contribution in [3.8, 4) is 0 Å². The summed E-state index contributed by atoms with van der Waals surface area (Å²) in [5.74, 6) is 0. The van der Waals surface area contributed by atoms with Crippen molar-refractivity contribution >= 4 is 0 Å². The van der Waals surface area contributed by atoms with E-state index in [2.05, 4.69) is 5.32 Å². The van der Waals surface area contributed by atoms with Crippen LogP contribution < -0.4 is 5.32 Å². The van der Waals surface area contributed by atoms with Crippen molar-refractivity contribution in [1.29, 1.82) is 0 Å². The minimum atomic E-state index is -2.37. The zero-order chi connectivity index (χ0) is 5.70. The maximum absolute atomic E-state index is 11.0. The van der Waals surface area contributed by atoms with Gasteiger partial charge in [0.15, 0.2) is 0 Å². The number of rotatable bonds is 3. The monoisotopic (exact) mass is 111 g/mol. The van der Waals surface area contributed by atoms with E-state index in [1.54, 1.807) is 0 Å². The fourth-order valence-electron chi connectivity index (χ4n) is 0.174. The number of alkyl halides is 2. The Hall–Kier alpha value is -0.220. The van der Waals surface area contributed by atoms with Crippen molar-refractivity contribution in [2.24, 2.45) is 0 Å². The summed E-state index contributed by atoms with van der Waals surface area (Å²) >= 11 is 0. The van der Waals surface area contributed by atoms with E-state index in [1.807, 2.05) is 0 Å². The topological polar surface area (TPSA) is 32.3 Å². The third-order valence-electron chi connectivity index (χ3n) is 0.410. The van der Waals surface area contributed by atoms with Crippen LogP contribution in [-0.2, 0) is 0 Å². The molecular formula is C3H7F2NO. The van der Waals surface area contributed by atoms with Crippen LogP contribution in [0.5, 0.6) is 0 Å². The molecule has 0 aliphatic rings. The van der Waals surface area contributed by atoms with Gasteiger partial charge in [-0.05, 0) is 0 Å². The quantitative estimate of drug-likeness (QED) is 0.494. The zero-order valence-corrected chi connectivity index (χ0v) is 3.69. The van der Waals surface area contributed by atoms with Gasteiger partial charge < -0.3 is 5.11 Å². The minimum Gasteiger partial charge on any atom is -0.381 e. The highest BCUT2D eigenvalue weighted by atomic mass is 19.3. The lowest BCUT2D eigenvalue weighted by molar-refractivity contribution is 0.130. The average molecular weight is 111 g/mol. The Bertz CT molecular complexity index is 41.9. The predicted octanol–water partition coefficient (Wildman–Crippen LogP) is -0.209. The maximum atomic E-state index is 11.0. The summed E-state index contributed by atoms with van der Waals surface area (Å²) in [5.41, 5.74) is 0. The molecule has 0 aromatic heterocycles. The van der Waals surface area contributed by atoms with Gasteiger partial charge in [-0.15, -0.1) is 0 Å². The van der Waals surface area contributed by atoms with E-state index in [-0.39, 0.29) is 6.73 Å². The summed E-state index contributed by atoms with van der Waals surface area (Å²) < 4.78 is 22.1. The third-order valence-corrected chi connectivity index (χ3v) is 0.410. The largest absolute Gasteiger partial charge is 0.381 e. The molecule has 44 valence electrons. The predicted molar refractivity (Wildman–Crippen MR) is 21.1 cm³/mol. The molecule has 7 heavy (non-hydrogen) atoms.